The SMILES string of the molecule is Cc1cc(N(c2ccc(C(C)(C)C)cc2)c2ccc(C(C)(C)C)cc2)cc(N(c2ccc(C(C)(C)c3ccccc3)cc2)c2csc3c2C(C)(C)c2ccccc2-3)c1. The fourth-order valence-electron chi connectivity index (χ4n) is 8.82. The fourth-order valence-corrected chi connectivity index (χ4v) is 10.1. The van der Waals surface area contributed by atoms with E-state index in [4.69, 9.17) is 0 Å². The maximum absolute atomic E-state index is 2.52. The molecule has 3 heteroatoms. The van der Waals surface area contributed by atoms with E-state index < -0.39 is 0 Å². The van der Waals surface area contributed by atoms with Gasteiger partial charge in [0.15, 0.2) is 0 Å². The van der Waals surface area contributed by atoms with Gasteiger partial charge in [-0.2, -0.15) is 0 Å². The van der Waals surface area contributed by atoms with Gasteiger partial charge in [-0.05, 0) is 111 Å². The Labute approximate surface area is 351 Å². The molecule has 8 rings (SSSR count). The average Bonchev–Trinajstić information content (AvgIpc) is 3.73. The Bertz CT molecular complexity index is 2500. The average molecular weight is 779 g/mol. The Balaban J connectivity index is 1.31. The molecule has 1 heterocycles. The summed E-state index contributed by atoms with van der Waals surface area (Å²) in [6.07, 6.45) is 0. The molecule has 0 amide bonds. The highest BCUT2D eigenvalue weighted by atomic mass is 32.1. The second kappa shape index (κ2) is 14.5. The van der Waals surface area contributed by atoms with Crippen molar-refractivity contribution in [1.29, 1.82) is 0 Å². The van der Waals surface area contributed by atoms with Crippen molar-refractivity contribution in [2.45, 2.75) is 97.8 Å². The summed E-state index contributed by atoms with van der Waals surface area (Å²) in [4.78, 5) is 6.31. The van der Waals surface area contributed by atoms with E-state index >= 15 is 0 Å². The van der Waals surface area contributed by atoms with E-state index in [0.29, 0.717) is 0 Å². The lowest BCUT2D eigenvalue weighted by molar-refractivity contribution is 0.590. The lowest BCUT2D eigenvalue weighted by Crippen LogP contribution is -2.21. The predicted molar refractivity (Wildman–Crippen MR) is 252 cm³/mol. The molecule has 7 aromatic rings. The van der Waals surface area contributed by atoms with E-state index in [-0.39, 0.29) is 21.7 Å². The predicted octanol–water partition coefficient (Wildman–Crippen LogP) is 16.2. The highest BCUT2D eigenvalue weighted by Crippen LogP contribution is 2.57. The zero-order valence-electron chi connectivity index (χ0n) is 36.2. The topological polar surface area (TPSA) is 6.48 Å². The second-order valence-corrected chi connectivity index (χ2v) is 20.2. The molecule has 294 valence electrons. The van der Waals surface area contributed by atoms with Crippen LogP contribution in [0.15, 0.2) is 151 Å². The Morgan fingerprint density at radius 3 is 1.45 bits per heavy atom. The molecular formula is C55H58N2S. The summed E-state index contributed by atoms with van der Waals surface area (Å²) in [6, 6.07) is 54.6. The van der Waals surface area contributed by atoms with Gasteiger partial charge in [0.25, 0.3) is 0 Å². The Kier molecular flexibility index (Phi) is 9.84. The van der Waals surface area contributed by atoms with Crippen LogP contribution in [0.3, 0.4) is 0 Å². The molecule has 0 spiro atoms. The van der Waals surface area contributed by atoms with E-state index in [2.05, 4.69) is 237 Å². The number of nitrogens with zero attached hydrogens (tertiary/aromatic N) is 2. The quantitative estimate of drug-likeness (QED) is 0.152. The number of hydrogen-bond acceptors (Lipinski definition) is 3. The van der Waals surface area contributed by atoms with Crippen LogP contribution in [0.5, 0.6) is 0 Å². The highest BCUT2D eigenvalue weighted by molar-refractivity contribution is 7.14. The van der Waals surface area contributed by atoms with Crippen LogP contribution in [0.1, 0.15) is 108 Å². The molecule has 1 aliphatic rings. The third-order valence-corrected chi connectivity index (χ3v) is 13.4. The molecule has 2 nitrogen and oxygen atoms in total. The second-order valence-electron chi connectivity index (χ2n) is 19.3. The molecule has 0 N–H and O–H groups in total. The van der Waals surface area contributed by atoms with E-state index in [1.165, 1.54) is 55.1 Å². The monoisotopic (exact) mass is 778 g/mol. The van der Waals surface area contributed by atoms with Crippen molar-refractivity contribution in [1.82, 2.24) is 0 Å². The molecular weight excluding hydrogens is 721 g/mol. The van der Waals surface area contributed by atoms with Crippen molar-refractivity contribution in [2.24, 2.45) is 0 Å². The third-order valence-electron chi connectivity index (χ3n) is 12.4. The number of fused-ring (bicyclic) bond motifs is 3. The zero-order valence-corrected chi connectivity index (χ0v) is 37.1. The Hall–Kier alpha value is -5.38. The number of rotatable bonds is 8. The summed E-state index contributed by atoms with van der Waals surface area (Å²) >= 11 is 1.87. The van der Waals surface area contributed by atoms with Crippen LogP contribution in [0.25, 0.3) is 10.4 Å². The molecule has 58 heavy (non-hydrogen) atoms. The van der Waals surface area contributed by atoms with Gasteiger partial charge in [0.05, 0.1) is 5.69 Å². The van der Waals surface area contributed by atoms with Crippen molar-refractivity contribution in [3.63, 3.8) is 0 Å². The van der Waals surface area contributed by atoms with Gasteiger partial charge < -0.3 is 9.80 Å². The largest absolute Gasteiger partial charge is 0.310 e. The van der Waals surface area contributed by atoms with Crippen LogP contribution >= 0.6 is 11.3 Å². The first-order chi connectivity index (χ1) is 27.4. The number of hydrogen-bond donors (Lipinski definition) is 0. The molecule has 1 aliphatic carbocycles. The molecule has 0 saturated heterocycles. The van der Waals surface area contributed by atoms with Gasteiger partial charge in [0.1, 0.15) is 0 Å². The molecule has 0 unspecified atom stereocenters. The zero-order chi connectivity index (χ0) is 41.2. The van der Waals surface area contributed by atoms with Crippen LogP contribution in [0.4, 0.5) is 34.1 Å². The minimum absolute atomic E-state index is 0.0643. The van der Waals surface area contributed by atoms with Gasteiger partial charge in [0.2, 0.25) is 0 Å². The first-order valence-corrected chi connectivity index (χ1v) is 21.6. The van der Waals surface area contributed by atoms with E-state index in [9.17, 15) is 0 Å². The number of thiophene rings is 1. The van der Waals surface area contributed by atoms with Crippen molar-refractivity contribution < 1.29 is 0 Å². The molecule has 0 radical (unpaired) electrons. The maximum Gasteiger partial charge on any atom is 0.0616 e. The molecule has 0 fully saturated rings. The molecule has 0 atom stereocenters. The molecule has 0 aliphatic heterocycles. The minimum atomic E-state index is -0.156. The van der Waals surface area contributed by atoms with Gasteiger partial charge in [-0.3, -0.25) is 0 Å². The van der Waals surface area contributed by atoms with Crippen LogP contribution in [0.2, 0.25) is 0 Å². The van der Waals surface area contributed by atoms with Crippen molar-refractivity contribution in [3.05, 3.63) is 190 Å². The smallest absolute Gasteiger partial charge is 0.0616 e. The van der Waals surface area contributed by atoms with Crippen LogP contribution in [-0.4, -0.2) is 0 Å². The van der Waals surface area contributed by atoms with Gasteiger partial charge in [-0.15, -0.1) is 11.3 Å². The highest BCUT2D eigenvalue weighted by Gasteiger charge is 2.40. The first kappa shape index (κ1) is 39.4. The van der Waals surface area contributed by atoms with Gasteiger partial charge in [-0.1, -0.05) is 160 Å². The lowest BCUT2D eigenvalue weighted by Gasteiger charge is -2.33. The van der Waals surface area contributed by atoms with Crippen LogP contribution in [-0.2, 0) is 21.7 Å². The van der Waals surface area contributed by atoms with Crippen molar-refractivity contribution in [2.75, 3.05) is 9.80 Å². The third kappa shape index (κ3) is 7.09. The summed E-state index contributed by atoms with van der Waals surface area (Å²) in [5.74, 6) is 0. The summed E-state index contributed by atoms with van der Waals surface area (Å²) in [5, 5.41) is 2.39. The minimum Gasteiger partial charge on any atom is -0.310 e. The number of benzene rings is 6. The lowest BCUT2D eigenvalue weighted by atomic mass is 9.78. The normalized spacial score (nSPS) is 13.6. The standard InChI is InChI=1S/C55H58N2S/c1-37-33-45(56(42-27-21-38(22-28-42)52(2,3)4)43-29-23-39(24-30-43)53(5,6)7)35-46(34-37)57(44-31-25-41(26-32-44)54(8,9)40-17-13-12-14-18-40)49-36-58-51-47-19-15-16-20-48(47)55(10,11)50(49)51/h12-36H,1-11H3. The molecule has 6 aromatic carbocycles. The van der Waals surface area contributed by atoms with Crippen LogP contribution < -0.4 is 9.80 Å². The van der Waals surface area contributed by atoms with E-state index in [0.717, 1.165) is 28.4 Å². The number of aryl methyl sites for hydroxylation is 1. The van der Waals surface area contributed by atoms with Gasteiger partial charge in [0, 0.05) is 55.1 Å². The molecule has 0 saturated carbocycles. The Morgan fingerprint density at radius 2 is 0.914 bits per heavy atom. The van der Waals surface area contributed by atoms with Crippen LogP contribution in [0, 0.1) is 6.92 Å². The van der Waals surface area contributed by atoms with Gasteiger partial charge in [-0.25, -0.2) is 0 Å². The molecule has 1 aromatic heterocycles. The van der Waals surface area contributed by atoms with E-state index in [1.807, 2.05) is 11.3 Å². The maximum atomic E-state index is 2.52. The number of anilines is 6. The van der Waals surface area contributed by atoms with E-state index in [1.54, 1.807) is 0 Å². The molecule has 0 bridgehead atoms. The summed E-state index contributed by atoms with van der Waals surface area (Å²) in [6.45, 7) is 25.3. The Morgan fingerprint density at radius 1 is 0.466 bits per heavy atom. The summed E-state index contributed by atoms with van der Waals surface area (Å²) < 4.78 is 0. The first-order valence-electron chi connectivity index (χ1n) is 20.8. The summed E-state index contributed by atoms with van der Waals surface area (Å²) in [5.41, 5.74) is 17.4. The van der Waals surface area contributed by atoms with Crippen molar-refractivity contribution >= 4 is 45.5 Å². The van der Waals surface area contributed by atoms with Crippen molar-refractivity contribution in [3.8, 4) is 10.4 Å². The fraction of sp³-hybridized carbons (Fsp3) is 0.273. The van der Waals surface area contributed by atoms with Gasteiger partial charge >= 0.3 is 0 Å². The summed E-state index contributed by atoms with van der Waals surface area (Å²) in [7, 11) is 0.